The molecule has 2 rings (SSSR count). The largest absolute Gasteiger partial charge is 0.396 e. The summed E-state index contributed by atoms with van der Waals surface area (Å²) in [4.78, 5) is 14.2. The molecule has 0 unspecified atom stereocenters. The lowest BCUT2D eigenvalue weighted by Crippen LogP contribution is -2.50. The van der Waals surface area contributed by atoms with Crippen LogP contribution in [0.25, 0.3) is 0 Å². The van der Waals surface area contributed by atoms with E-state index in [1.54, 1.807) is 0 Å². The highest BCUT2D eigenvalue weighted by molar-refractivity contribution is 6.30. The van der Waals surface area contributed by atoms with E-state index in [0.29, 0.717) is 19.8 Å². The van der Waals surface area contributed by atoms with Crippen molar-refractivity contribution in [2.45, 2.75) is 0 Å². The molecule has 1 aromatic heterocycles. The Bertz CT molecular complexity index is 459. The monoisotopic (exact) mass is 273 g/mol. The number of anilines is 1. The first-order chi connectivity index (χ1) is 8.56. The molecular weight excluding hydrogens is 262 g/mol. The molecule has 98 valence electrons. The maximum atomic E-state index is 10.8. The summed E-state index contributed by atoms with van der Waals surface area (Å²) in [5.74, 6) is 0.143. The lowest BCUT2D eigenvalue weighted by molar-refractivity contribution is -0.384. The molecule has 0 amide bonds. The van der Waals surface area contributed by atoms with Crippen LogP contribution in [-0.2, 0) is 4.74 Å². The average molecular weight is 274 g/mol. The molecule has 1 saturated heterocycles. The summed E-state index contributed by atoms with van der Waals surface area (Å²) in [7, 11) is 0. The number of nitrogens with one attached hydrogen (secondary N) is 1. The van der Waals surface area contributed by atoms with Crippen LogP contribution in [0.3, 0.4) is 0 Å². The van der Waals surface area contributed by atoms with Crippen molar-refractivity contribution < 1.29 is 14.8 Å². The highest BCUT2D eigenvalue weighted by Gasteiger charge is 2.38. The van der Waals surface area contributed by atoms with Crippen LogP contribution >= 0.6 is 11.6 Å². The molecule has 0 bridgehead atoms. The number of halogens is 1. The van der Waals surface area contributed by atoms with Crippen LogP contribution in [0.15, 0.2) is 12.3 Å². The van der Waals surface area contributed by atoms with Crippen molar-refractivity contribution >= 4 is 23.1 Å². The van der Waals surface area contributed by atoms with E-state index in [4.69, 9.17) is 16.3 Å². The van der Waals surface area contributed by atoms with Gasteiger partial charge in [0.15, 0.2) is 0 Å². The maximum absolute atomic E-state index is 10.8. The molecule has 7 nitrogen and oxygen atoms in total. The summed E-state index contributed by atoms with van der Waals surface area (Å²) < 4.78 is 5.04. The maximum Gasteiger partial charge on any atom is 0.312 e. The van der Waals surface area contributed by atoms with E-state index in [0.717, 1.165) is 0 Å². The Morgan fingerprint density at radius 1 is 1.67 bits per heavy atom. The van der Waals surface area contributed by atoms with Gasteiger partial charge in [0.1, 0.15) is 0 Å². The van der Waals surface area contributed by atoms with Gasteiger partial charge in [0.25, 0.3) is 0 Å². The lowest BCUT2D eigenvalue weighted by Gasteiger charge is -2.39. The first kappa shape index (κ1) is 13.0. The second-order valence-corrected chi connectivity index (χ2v) is 4.72. The molecule has 0 radical (unpaired) electrons. The summed E-state index contributed by atoms with van der Waals surface area (Å²) in [6.07, 6.45) is 1.33. The van der Waals surface area contributed by atoms with Crippen molar-refractivity contribution in [3.63, 3.8) is 0 Å². The van der Waals surface area contributed by atoms with Crippen molar-refractivity contribution in [1.82, 2.24) is 4.98 Å². The van der Waals surface area contributed by atoms with E-state index in [1.165, 1.54) is 12.3 Å². The van der Waals surface area contributed by atoms with E-state index in [-0.39, 0.29) is 28.5 Å². The standard InChI is InChI=1S/C10H12ClN3O4/c11-7-1-8(14(16)17)9(12-2-7)13-3-10(4-15)5-18-6-10/h1-2,15H,3-6H2,(H,12,13). The van der Waals surface area contributed by atoms with Crippen LogP contribution in [0, 0.1) is 15.5 Å². The zero-order valence-corrected chi connectivity index (χ0v) is 10.2. The molecule has 1 aliphatic rings. The van der Waals surface area contributed by atoms with Crippen LogP contribution in [0.4, 0.5) is 11.5 Å². The Hall–Kier alpha value is -1.44. The normalized spacial score (nSPS) is 17.0. The van der Waals surface area contributed by atoms with Crippen LogP contribution in [0.5, 0.6) is 0 Å². The van der Waals surface area contributed by atoms with Gasteiger partial charge in [-0.2, -0.15) is 0 Å². The van der Waals surface area contributed by atoms with Crippen molar-refractivity contribution in [2.75, 3.05) is 31.7 Å². The van der Waals surface area contributed by atoms with Gasteiger partial charge >= 0.3 is 5.69 Å². The Balaban J connectivity index is 2.11. The van der Waals surface area contributed by atoms with Gasteiger partial charge in [0, 0.05) is 18.8 Å². The van der Waals surface area contributed by atoms with Gasteiger partial charge in [-0.1, -0.05) is 11.6 Å². The molecule has 2 N–H and O–H groups in total. The lowest BCUT2D eigenvalue weighted by atomic mass is 9.87. The van der Waals surface area contributed by atoms with Gasteiger partial charge in [-0.15, -0.1) is 0 Å². The molecule has 2 heterocycles. The second-order valence-electron chi connectivity index (χ2n) is 4.28. The first-order valence-electron chi connectivity index (χ1n) is 5.29. The predicted molar refractivity (Wildman–Crippen MR) is 64.7 cm³/mol. The third-order valence-electron chi connectivity index (χ3n) is 2.81. The number of aliphatic hydroxyl groups excluding tert-OH is 1. The minimum atomic E-state index is -0.551. The van der Waals surface area contributed by atoms with E-state index >= 15 is 0 Å². The second kappa shape index (κ2) is 5.05. The van der Waals surface area contributed by atoms with Crippen molar-refractivity contribution in [3.05, 3.63) is 27.4 Å². The Morgan fingerprint density at radius 2 is 2.39 bits per heavy atom. The SMILES string of the molecule is O=[N+]([O-])c1cc(Cl)cnc1NCC1(CO)COC1. The number of ether oxygens (including phenoxy) is 1. The van der Waals surface area contributed by atoms with Gasteiger partial charge < -0.3 is 15.2 Å². The van der Waals surface area contributed by atoms with E-state index in [2.05, 4.69) is 10.3 Å². The summed E-state index contributed by atoms with van der Waals surface area (Å²) in [5, 5.41) is 23.2. The number of aliphatic hydroxyl groups is 1. The number of hydrogen-bond donors (Lipinski definition) is 2. The Kier molecular flexibility index (Phi) is 3.65. The fraction of sp³-hybridized carbons (Fsp3) is 0.500. The number of rotatable bonds is 5. The number of nitrogens with zero attached hydrogens (tertiary/aromatic N) is 2. The zero-order chi connectivity index (χ0) is 13.2. The Morgan fingerprint density at radius 3 is 2.89 bits per heavy atom. The zero-order valence-electron chi connectivity index (χ0n) is 9.43. The molecule has 0 atom stereocenters. The third kappa shape index (κ3) is 2.53. The molecular formula is C10H12ClN3O4. The topological polar surface area (TPSA) is 97.5 Å². The smallest absolute Gasteiger partial charge is 0.312 e. The summed E-state index contributed by atoms with van der Waals surface area (Å²) in [6.45, 7) is 1.18. The third-order valence-corrected chi connectivity index (χ3v) is 3.02. The summed E-state index contributed by atoms with van der Waals surface area (Å²) in [6, 6.07) is 1.24. The quantitative estimate of drug-likeness (QED) is 0.615. The van der Waals surface area contributed by atoms with Gasteiger partial charge in [-0.05, 0) is 0 Å². The summed E-state index contributed by atoms with van der Waals surface area (Å²) >= 11 is 5.66. The fourth-order valence-corrected chi connectivity index (χ4v) is 1.77. The molecule has 0 spiro atoms. The molecule has 0 aromatic carbocycles. The van der Waals surface area contributed by atoms with Gasteiger partial charge in [0.2, 0.25) is 5.82 Å². The van der Waals surface area contributed by atoms with Gasteiger partial charge in [0.05, 0.1) is 35.2 Å². The van der Waals surface area contributed by atoms with Crippen LogP contribution < -0.4 is 5.32 Å². The van der Waals surface area contributed by atoms with Crippen LogP contribution in [-0.4, -0.2) is 41.4 Å². The van der Waals surface area contributed by atoms with Crippen molar-refractivity contribution in [2.24, 2.45) is 5.41 Å². The molecule has 18 heavy (non-hydrogen) atoms. The number of pyridine rings is 1. The molecule has 1 aliphatic heterocycles. The molecule has 0 saturated carbocycles. The van der Waals surface area contributed by atoms with E-state index in [9.17, 15) is 15.2 Å². The van der Waals surface area contributed by atoms with Crippen LogP contribution in [0.1, 0.15) is 0 Å². The van der Waals surface area contributed by atoms with E-state index < -0.39 is 4.92 Å². The molecule has 1 aromatic rings. The first-order valence-corrected chi connectivity index (χ1v) is 5.66. The highest BCUT2D eigenvalue weighted by Crippen LogP contribution is 2.30. The number of hydrogen-bond acceptors (Lipinski definition) is 6. The van der Waals surface area contributed by atoms with Crippen LogP contribution in [0.2, 0.25) is 5.02 Å². The Labute approximate surface area is 108 Å². The van der Waals surface area contributed by atoms with Crippen molar-refractivity contribution in [1.29, 1.82) is 0 Å². The molecule has 0 aliphatic carbocycles. The highest BCUT2D eigenvalue weighted by atomic mass is 35.5. The van der Waals surface area contributed by atoms with E-state index in [1.807, 2.05) is 0 Å². The number of nitro groups is 1. The number of aromatic nitrogens is 1. The summed E-state index contributed by atoms with van der Waals surface area (Å²) in [5.41, 5.74) is -0.564. The fourth-order valence-electron chi connectivity index (χ4n) is 1.62. The minimum absolute atomic E-state index is 0.0403. The molecule has 1 fully saturated rings. The van der Waals surface area contributed by atoms with Gasteiger partial charge in [-0.25, -0.2) is 4.98 Å². The van der Waals surface area contributed by atoms with Gasteiger partial charge in [-0.3, -0.25) is 10.1 Å². The average Bonchev–Trinajstić information content (AvgIpc) is 2.29. The predicted octanol–water partition coefficient (Wildman–Crippen LogP) is 1.06. The van der Waals surface area contributed by atoms with Crippen molar-refractivity contribution in [3.8, 4) is 0 Å². The molecule has 8 heteroatoms. The minimum Gasteiger partial charge on any atom is -0.396 e.